The van der Waals surface area contributed by atoms with E-state index in [0.29, 0.717) is 28.4 Å². The molecule has 2 N–H and O–H groups in total. The van der Waals surface area contributed by atoms with Crippen molar-refractivity contribution in [3.63, 3.8) is 0 Å². The number of methoxy groups -OCH3 is 3. The molecular formula is C31H27N3O6. The summed E-state index contributed by atoms with van der Waals surface area (Å²) in [7, 11) is 4.30. The first-order valence-electron chi connectivity index (χ1n) is 12.2. The lowest BCUT2D eigenvalue weighted by atomic mass is 10.00. The highest BCUT2D eigenvalue weighted by molar-refractivity contribution is 6.01. The third-order valence-electron chi connectivity index (χ3n) is 5.97. The largest absolute Gasteiger partial charge is 0.493 e. The van der Waals surface area contributed by atoms with Gasteiger partial charge in [0.1, 0.15) is 17.4 Å². The van der Waals surface area contributed by atoms with Gasteiger partial charge in [0.05, 0.1) is 33.0 Å². The Morgan fingerprint density at radius 1 is 0.725 bits per heavy atom. The Morgan fingerprint density at radius 2 is 1.32 bits per heavy atom. The predicted molar refractivity (Wildman–Crippen MR) is 150 cm³/mol. The van der Waals surface area contributed by atoms with Crippen molar-refractivity contribution >= 4 is 23.4 Å². The fraction of sp³-hybridized carbons (Fsp3) is 0.129. The number of urea groups is 1. The van der Waals surface area contributed by atoms with Gasteiger partial charge in [-0.1, -0.05) is 42.5 Å². The number of nitrogens with zero attached hydrogens (tertiary/aromatic N) is 1. The summed E-state index contributed by atoms with van der Waals surface area (Å²) in [6.07, 6.45) is -0.579. The molecule has 2 amide bonds. The monoisotopic (exact) mass is 537 g/mol. The number of hydrogen-bond donors (Lipinski definition) is 2. The lowest BCUT2D eigenvalue weighted by Gasteiger charge is -2.22. The number of carbonyl (C=O) groups is 2. The van der Waals surface area contributed by atoms with Crippen LogP contribution < -0.4 is 24.8 Å². The maximum Gasteiger partial charge on any atom is 0.341 e. The van der Waals surface area contributed by atoms with Crippen LogP contribution >= 0.6 is 0 Å². The van der Waals surface area contributed by atoms with E-state index in [4.69, 9.17) is 18.9 Å². The molecular weight excluding hydrogens is 510 g/mol. The number of nitrogens with one attached hydrogen (secondary N) is 2. The molecule has 4 aromatic rings. The minimum atomic E-state index is -0.634. The average molecular weight is 538 g/mol. The van der Waals surface area contributed by atoms with Crippen molar-refractivity contribution in [2.75, 3.05) is 32.0 Å². The van der Waals surface area contributed by atoms with Gasteiger partial charge in [0, 0.05) is 17.4 Å². The van der Waals surface area contributed by atoms with Crippen LogP contribution in [0, 0.1) is 11.3 Å². The van der Waals surface area contributed by atoms with Gasteiger partial charge in [-0.25, -0.2) is 9.59 Å². The van der Waals surface area contributed by atoms with Crippen LogP contribution in [-0.4, -0.2) is 33.3 Å². The molecule has 0 fully saturated rings. The first-order chi connectivity index (χ1) is 19.4. The van der Waals surface area contributed by atoms with Gasteiger partial charge >= 0.3 is 12.0 Å². The highest BCUT2D eigenvalue weighted by Gasteiger charge is 2.22. The summed E-state index contributed by atoms with van der Waals surface area (Å²) < 4.78 is 21.9. The Morgan fingerprint density at radius 3 is 1.93 bits per heavy atom. The molecule has 0 aromatic heterocycles. The zero-order valence-corrected chi connectivity index (χ0v) is 22.1. The van der Waals surface area contributed by atoms with Crippen LogP contribution in [0.15, 0.2) is 91.0 Å². The van der Waals surface area contributed by atoms with Gasteiger partial charge in [-0.3, -0.25) is 0 Å². The van der Waals surface area contributed by atoms with Crippen molar-refractivity contribution in [3.8, 4) is 23.3 Å². The quantitative estimate of drug-likeness (QED) is 0.245. The van der Waals surface area contributed by atoms with Gasteiger partial charge in [-0.05, 0) is 53.6 Å². The van der Waals surface area contributed by atoms with Gasteiger partial charge in [0.2, 0.25) is 0 Å². The molecule has 0 saturated heterocycles. The highest BCUT2D eigenvalue weighted by Crippen LogP contribution is 2.33. The summed E-state index contributed by atoms with van der Waals surface area (Å²) in [5.41, 5.74) is 3.11. The SMILES string of the molecule is COC(=O)c1cc(NC(=O)Nc2ccc(OC)c(OC)c2)ccc1OC(c1ccccc1)c1ccc(C#N)cc1. The fourth-order valence-corrected chi connectivity index (χ4v) is 4.00. The number of carbonyl (C=O) groups excluding carboxylic acids is 2. The van der Waals surface area contributed by atoms with Crippen LogP contribution in [0.25, 0.3) is 0 Å². The smallest absolute Gasteiger partial charge is 0.341 e. The van der Waals surface area contributed by atoms with E-state index in [1.54, 1.807) is 42.5 Å². The average Bonchev–Trinajstić information content (AvgIpc) is 3.00. The molecule has 9 heteroatoms. The topological polar surface area (TPSA) is 119 Å². The molecule has 40 heavy (non-hydrogen) atoms. The minimum absolute atomic E-state index is 0.126. The Balaban J connectivity index is 1.60. The predicted octanol–water partition coefficient (Wildman–Crippen LogP) is 6.17. The van der Waals surface area contributed by atoms with E-state index < -0.39 is 18.1 Å². The molecule has 0 aliphatic carbocycles. The number of anilines is 2. The lowest BCUT2D eigenvalue weighted by Crippen LogP contribution is -2.20. The molecule has 0 aliphatic heterocycles. The molecule has 202 valence electrons. The van der Waals surface area contributed by atoms with Crippen LogP contribution in [0.2, 0.25) is 0 Å². The summed E-state index contributed by atoms with van der Waals surface area (Å²) in [5, 5.41) is 14.6. The molecule has 4 rings (SSSR count). The maximum atomic E-state index is 12.7. The van der Waals surface area contributed by atoms with Crippen LogP contribution in [-0.2, 0) is 4.74 Å². The van der Waals surface area contributed by atoms with Gasteiger partial charge in [-0.2, -0.15) is 5.26 Å². The molecule has 0 radical (unpaired) electrons. The highest BCUT2D eigenvalue weighted by atomic mass is 16.5. The third-order valence-corrected chi connectivity index (χ3v) is 5.97. The third kappa shape index (κ3) is 6.49. The number of amides is 2. The number of ether oxygens (including phenoxy) is 4. The summed E-state index contributed by atoms with van der Waals surface area (Å²) in [6, 6.07) is 27.8. The first kappa shape index (κ1) is 27.5. The lowest BCUT2D eigenvalue weighted by molar-refractivity contribution is 0.0594. The van der Waals surface area contributed by atoms with Gasteiger partial charge < -0.3 is 29.6 Å². The van der Waals surface area contributed by atoms with E-state index in [-0.39, 0.29) is 11.3 Å². The molecule has 0 bridgehead atoms. The fourth-order valence-electron chi connectivity index (χ4n) is 4.00. The molecule has 0 saturated carbocycles. The second-order valence-electron chi connectivity index (χ2n) is 8.49. The van der Waals surface area contributed by atoms with E-state index in [9.17, 15) is 14.9 Å². The van der Waals surface area contributed by atoms with Crippen LogP contribution in [0.1, 0.15) is 33.2 Å². The molecule has 0 heterocycles. The van der Waals surface area contributed by atoms with E-state index in [1.165, 1.54) is 27.4 Å². The summed E-state index contributed by atoms with van der Waals surface area (Å²) >= 11 is 0. The first-order valence-corrected chi connectivity index (χ1v) is 12.2. The molecule has 1 atom stereocenters. The Hall–Kier alpha value is -5.49. The van der Waals surface area contributed by atoms with Crippen LogP contribution in [0.5, 0.6) is 17.2 Å². The van der Waals surface area contributed by atoms with E-state index >= 15 is 0 Å². The van der Waals surface area contributed by atoms with E-state index in [2.05, 4.69) is 16.7 Å². The number of nitriles is 1. The maximum absolute atomic E-state index is 12.7. The van der Waals surface area contributed by atoms with Crippen LogP contribution in [0.3, 0.4) is 0 Å². The summed E-state index contributed by atoms with van der Waals surface area (Å²) in [5.74, 6) is 0.619. The van der Waals surface area contributed by atoms with Crippen LogP contribution in [0.4, 0.5) is 16.2 Å². The zero-order chi connectivity index (χ0) is 28.5. The van der Waals surface area contributed by atoms with Gasteiger partial charge in [-0.15, -0.1) is 0 Å². The Bertz CT molecular complexity index is 1530. The normalized spacial score (nSPS) is 10.9. The number of benzene rings is 4. The van der Waals surface area contributed by atoms with Crippen molar-refractivity contribution in [3.05, 3.63) is 113 Å². The van der Waals surface area contributed by atoms with Crippen molar-refractivity contribution in [2.45, 2.75) is 6.10 Å². The van der Waals surface area contributed by atoms with Crippen molar-refractivity contribution < 1.29 is 28.5 Å². The molecule has 0 spiro atoms. The Kier molecular flexibility index (Phi) is 8.84. The minimum Gasteiger partial charge on any atom is -0.493 e. The Labute approximate surface area is 231 Å². The standard InChI is InChI=1S/C31H27N3O6/c1-37-27-16-14-24(18-28(27)38-2)34-31(36)33-23-13-15-26(25(17-23)30(35)39-3)40-29(21-7-5-4-6-8-21)22-11-9-20(19-32)10-12-22/h4-18,29H,1-3H3,(H2,33,34,36). The van der Waals surface area contributed by atoms with E-state index in [0.717, 1.165) is 11.1 Å². The number of rotatable bonds is 9. The molecule has 4 aromatic carbocycles. The van der Waals surface area contributed by atoms with Crippen molar-refractivity contribution in [2.24, 2.45) is 0 Å². The van der Waals surface area contributed by atoms with Gasteiger partial charge in [0.15, 0.2) is 11.5 Å². The molecule has 9 nitrogen and oxygen atoms in total. The van der Waals surface area contributed by atoms with Gasteiger partial charge in [0.25, 0.3) is 0 Å². The zero-order valence-electron chi connectivity index (χ0n) is 22.1. The summed E-state index contributed by atoms with van der Waals surface area (Å²) in [4.78, 5) is 25.4. The molecule has 0 aliphatic rings. The second kappa shape index (κ2) is 12.8. The number of hydrogen-bond acceptors (Lipinski definition) is 7. The van der Waals surface area contributed by atoms with Crippen molar-refractivity contribution in [1.82, 2.24) is 0 Å². The van der Waals surface area contributed by atoms with Crippen molar-refractivity contribution in [1.29, 1.82) is 5.26 Å². The van der Waals surface area contributed by atoms with E-state index in [1.807, 2.05) is 42.5 Å². The second-order valence-corrected chi connectivity index (χ2v) is 8.49. The summed E-state index contributed by atoms with van der Waals surface area (Å²) in [6.45, 7) is 0. The molecule has 1 unspecified atom stereocenters. The number of esters is 1.